The molecule has 3 aromatic rings. The van der Waals surface area contributed by atoms with Crippen molar-refractivity contribution in [3.63, 3.8) is 0 Å². The fraction of sp³-hybridized carbons (Fsp3) is 0.0800. The first-order valence-corrected chi connectivity index (χ1v) is 11.3. The molecule has 0 atom stereocenters. The van der Waals surface area contributed by atoms with Gasteiger partial charge in [0.2, 0.25) is 0 Å². The number of nitrogens with one attached hydrogen (secondary N) is 1. The lowest BCUT2D eigenvalue weighted by Crippen LogP contribution is -2.54. The van der Waals surface area contributed by atoms with E-state index >= 15 is 0 Å². The minimum atomic E-state index is -0.891. The van der Waals surface area contributed by atoms with Crippen molar-refractivity contribution in [1.82, 2.24) is 5.32 Å². The molecule has 1 saturated heterocycles. The molecule has 35 heavy (non-hydrogen) atoms. The molecule has 1 aliphatic rings. The topological polar surface area (TPSA) is 84.9 Å². The Kier molecular flexibility index (Phi) is 7.31. The van der Waals surface area contributed by atoms with Gasteiger partial charge in [-0.2, -0.15) is 0 Å². The third kappa shape index (κ3) is 5.43. The number of hydrogen-bond acceptors (Lipinski definition) is 5. The zero-order valence-corrected chi connectivity index (χ0v) is 20.4. The molecule has 0 saturated carbocycles. The van der Waals surface area contributed by atoms with Crippen LogP contribution >= 0.6 is 34.8 Å². The minimum absolute atomic E-state index is 0.158. The van der Waals surface area contributed by atoms with Crippen LogP contribution in [-0.2, 0) is 16.2 Å². The van der Waals surface area contributed by atoms with Crippen molar-refractivity contribution >= 4 is 64.4 Å². The first-order valence-electron chi connectivity index (χ1n) is 10.2. The third-order valence-electron chi connectivity index (χ3n) is 5.05. The van der Waals surface area contributed by atoms with Crippen molar-refractivity contribution in [2.75, 3.05) is 12.0 Å². The highest BCUT2D eigenvalue weighted by Gasteiger charge is 2.37. The Bertz CT molecular complexity index is 1370. The fourth-order valence-electron chi connectivity index (χ4n) is 3.36. The minimum Gasteiger partial charge on any atom is -0.493 e. The Labute approximate surface area is 215 Å². The smallest absolute Gasteiger partial charge is 0.335 e. The molecule has 0 unspecified atom stereocenters. The second-order valence-electron chi connectivity index (χ2n) is 7.39. The van der Waals surface area contributed by atoms with Crippen LogP contribution < -0.4 is 19.7 Å². The van der Waals surface area contributed by atoms with Crippen LogP contribution in [0.4, 0.5) is 10.5 Å². The van der Waals surface area contributed by atoms with Gasteiger partial charge in [-0.3, -0.25) is 14.9 Å². The molecule has 0 spiro atoms. The van der Waals surface area contributed by atoms with Crippen molar-refractivity contribution < 1.29 is 23.9 Å². The lowest BCUT2D eigenvalue weighted by molar-refractivity contribution is -0.122. The van der Waals surface area contributed by atoms with Crippen molar-refractivity contribution in [1.29, 1.82) is 0 Å². The van der Waals surface area contributed by atoms with E-state index in [4.69, 9.17) is 44.3 Å². The Balaban J connectivity index is 1.60. The summed E-state index contributed by atoms with van der Waals surface area (Å²) in [5.41, 5.74) is 1.29. The zero-order valence-electron chi connectivity index (χ0n) is 18.2. The Hall–Kier alpha value is -3.52. The molecule has 0 bridgehead atoms. The number of carbonyl (C=O) groups excluding carboxylic acids is 3. The molecule has 0 radical (unpaired) electrons. The number of carbonyl (C=O) groups is 3. The van der Waals surface area contributed by atoms with Crippen LogP contribution in [-0.4, -0.2) is 25.0 Å². The van der Waals surface area contributed by atoms with Crippen molar-refractivity contribution in [2.24, 2.45) is 0 Å². The fourth-order valence-corrected chi connectivity index (χ4v) is 3.87. The molecule has 4 rings (SSSR count). The van der Waals surface area contributed by atoms with Crippen molar-refractivity contribution in [3.8, 4) is 11.5 Å². The number of ether oxygens (including phenoxy) is 2. The van der Waals surface area contributed by atoms with E-state index in [0.29, 0.717) is 22.1 Å². The van der Waals surface area contributed by atoms with E-state index < -0.39 is 17.8 Å². The quantitative estimate of drug-likeness (QED) is 0.316. The van der Waals surface area contributed by atoms with Crippen LogP contribution in [0, 0.1) is 0 Å². The van der Waals surface area contributed by atoms with E-state index in [-0.39, 0.29) is 27.9 Å². The number of nitrogens with zero attached hydrogens (tertiary/aromatic N) is 1. The predicted octanol–water partition coefficient (Wildman–Crippen LogP) is 5.90. The number of rotatable bonds is 6. The Morgan fingerprint density at radius 2 is 1.71 bits per heavy atom. The van der Waals surface area contributed by atoms with E-state index in [0.717, 1.165) is 10.5 Å². The number of amides is 4. The lowest BCUT2D eigenvalue weighted by Gasteiger charge is -2.26. The number of imide groups is 2. The van der Waals surface area contributed by atoms with Crippen molar-refractivity contribution in [2.45, 2.75) is 6.61 Å². The van der Waals surface area contributed by atoms with Gasteiger partial charge in [0, 0.05) is 5.02 Å². The number of benzene rings is 3. The third-order valence-corrected chi connectivity index (χ3v) is 6.02. The van der Waals surface area contributed by atoms with Gasteiger partial charge in [0.1, 0.15) is 12.2 Å². The first kappa shape index (κ1) is 24.6. The van der Waals surface area contributed by atoms with Gasteiger partial charge in [-0.05, 0) is 59.7 Å². The van der Waals surface area contributed by atoms with Gasteiger partial charge in [0.05, 0.1) is 22.8 Å². The zero-order chi connectivity index (χ0) is 25.1. The summed E-state index contributed by atoms with van der Waals surface area (Å²) in [6.07, 6.45) is 1.36. The summed E-state index contributed by atoms with van der Waals surface area (Å²) in [7, 11) is 1.47. The van der Waals surface area contributed by atoms with Gasteiger partial charge in [0.25, 0.3) is 11.8 Å². The van der Waals surface area contributed by atoms with Gasteiger partial charge < -0.3 is 9.47 Å². The summed E-state index contributed by atoms with van der Waals surface area (Å²) in [4.78, 5) is 38.8. The molecule has 0 aromatic heterocycles. The predicted molar refractivity (Wildman–Crippen MR) is 134 cm³/mol. The molecular formula is C25H17Cl3N2O5. The molecule has 4 amide bonds. The van der Waals surface area contributed by atoms with Crippen LogP contribution in [0.3, 0.4) is 0 Å². The molecule has 10 heteroatoms. The van der Waals surface area contributed by atoms with Crippen LogP contribution in [0.2, 0.25) is 15.1 Å². The average molecular weight is 532 g/mol. The summed E-state index contributed by atoms with van der Waals surface area (Å²) in [6, 6.07) is 15.6. The van der Waals surface area contributed by atoms with Gasteiger partial charge in [-0.25, -0.2) is 9.69 Å². The second kappa shape index (κ2) is 10.4. The van der Waals surface area contributed by atoms with E-state index in [9.17, 15) is 14.4 Å². The molecule has 1 heterocycles. The lowest BCUT2D eigenvalue weighted by atomic mass is 10.1. The van der Waals surface area contributed by atoms with E-state index in [2.05, 4.69) is 5.32 Å². The highest BCUT2D eigenvalue weighted by atomic mass is 35.5. The van der Waals surface area contributed by atoms with E-state index in [1.54, 1.807) is 30.3 Å². The normalized spacial score (nSPS) is 14.8. The van der Waals surface area contributed by atoms with Crippen molar-refractivity contribution in [3.05, 3.63) is 92.4 Å². The highest BCUT2D eigenvalue weighted by molar-refractivity contribution is 6.43. The van der Waals surface area contributed by atoms with Crippen LogP contribution in [0.25, 0.3) is 6.08 Å². The average Bonchev–Trinajstić information content (AvgIpc) is 2.83. The van der Waals surface area contributed by atoms with Crippen LogP contribution in [0.1, 0.15) is 11.1 Å². The summed E-state index contributed by atoms with van der Waals surface area (Å²) in [5.74, 6) is -0.780. The molecule has 1 N–H and O–H groups in total. The van der Waals surface area contributed by atoms with Crippen LogP contribution in [0.15, 0.2) is 66.2 Å². The maximum Gasteiger partial charge on any atom is 0.335 e. The maximum atomic E-state index is 13.1. The molecule has 1 aliphatic heterocycles. The van der Waals surface area contributed by atoms with E-state index in [1.165, 1.54) is 31.4 Å². The summed E-state index contributed by atoms with van der Waals surface area (Å²) >= 11 is 18.0. The number of anilines is 1. The largest absolute Gasteiger partial charge is 0.493 e. The standard InChI is InChI=1S/C25H17Cl3N2O5/c1-34-22-11-14(5-8-21(22)35-13-15-3-2-4-16(26)9-15)10-18-23(31)29-25(33)30(24(18)32)17-6-7-19(27)20(28)12-17/h2-12H,13H2,1H3,(H,29,31,33)/b18-10+. The van der Waals surface area contributed by atoms with E-state index in [1.807, 2.05) is 12.1 Å². The monoisotopic (exact) mass is 530 g/mol. The van der Waals surface area contributed by atoms with Gasteiger partial charge in [-0.15, -0.1) is 0 Å². The van der Waals surface area contributed by atoms with Crippen LogP contribution in [0.5, 0.6) is 11.5 Å². The number of halogens is 3. The second-order valence-corrected chi connectivity index (χ2v) is 8.64. The first-order chi connectivity index (χ1) is 16.8. The molecule has 3 aromatic carbocycles. The Morgan fingerprint density at radius 3 is 2.43 bits per heavy atom. The number of hydrogen-bond donors (Lipinski definition) is 1. The molecular weight excluding hydrogens is 515 g/mol. The van der Waals surface area contributed by atoms with Gasteiger partial charge in [0.15, 0.2) is 11.5 Å². The molecule has 178 valence electrons. The summed E-state index contributed by atoms with van der Waals surface area (Å²) in [5, 5.41) is 3.18. The summed E-state index contributed by atoms with van der Waals surface area (Å²) in [6.45, 7) is 0.263. The maximum absolute atomic E-state index is 13.1. The molecule has 7 nitrogen and oxygen atoms in total. The number of urea groups is 1. The Morgan fingerprint density at radius 1 is 0.914 bits per heavy atom. The molecule has 1 fully saturated rings. The van der Waals surface area contributed by atoms with Gasteiger partial charge >= 0.3 is 6.03 Å². The summed E-state index contributed by atoms with van der Waals surface area (Å²) < 4.78 is 11.3. The van der Waals surface area contributed by atoms with Gasteiger partial charge in [-0.1, -0.05) is 53.0 Å². The number of methoxy groups -OCH3 is 1. The number of barbiturate groups is 1. The molecule has 0 aliphatic carbocycles. The highest BCUT2D eigenvalue weighted by Crippen LogP contribution is 2.32. The SMILES string of the molecule is COc1cc(/C=C2\C(=O)NC(=O)N(c3ccc(Cl)c(Cl)c3)C2=O)ccc1OCc1cccc(Cl)c1.